The Kier molecular flexibility index (Phi) is 4.48. The van der Waals surface area contributed by atoms with Crippen molar-refractivity contribution in [1.82, 2.24) is 0 Å². The topological polar surface area (TPSA) is 35.5 Å². The molecular formula is C17H24O3. The third kappa shape index (κ3) is 3.04. The minimum absolute atomic E-state index is 0.154. The fraction of sp³-hybridized carbons (Fsp3) is 0.588. The van der Waals surface area contributed by atoms with Crippen molar-refractivity contribution in [1.29, 1.82) is 0 Å². The Morgan fingerprint density at radius 1 is 1.40 bits per heavy atom. The van der Waals surface area contributed by atoms with Gasteiger partial charge in [0.05, 0.1) is 19.1 Å². The Bertz CT molecular complexity index is 491. The van der Waals surface area contributed by atoms with E-state index in [1.165, 1.54) is 0 Å². The van der Waals surface area contributed by atoms with Crippen LogP contribution < -0.4 is 4.74 Å². The highest BCUT2D eigenvalue weighted by Crippen LogP contribution is 2.34. The van der Waals surface area contributed by atoms with Gasteiger partial charge in [-0.25, -0.2) is 0 Å². The zero-order valence-corrected chi connectivity index (χ0v) is 12.9. The summed E-state index contributed by atoms with van der Waals surface area (Å²) in [6.45, 7) is 9.03. The second kappa shape index (κ2) is 5.96. The maximum Gasteiger partial charge on any atom is 0.173 e. The molecule has 0 saturated carbocycles. The smallest absolute Gasteiger partial charge is 0.173 e. The van der Waals surface area contributed by atoms with E-state index in [0.29, 0.717) is 6.61 Å². The van der Waals surface area contributed by atoms with E-state index in [1.54, 1.807) is 0 Å². The van der Waals surface area contributed by atoms with Gasteiger partial charge in [0.2, 0.25) is 0 Å². The van der Waals surface area contributed by atoms with Gasteiger partial charge in [0.15, 0.2) is 5.78 Å². The monoisotopic (exact) mass is 276 g/mol. The van der Waals surface area contributed by atoms with E-state index in [9.17, 15) is 4.79 Å². The molecule has 0 amide bonds. The molecule has 1 atom stereocenters. The summed E-state index contributed by atoms with van der Waals surface area (Å²) in [6, 6.07) is 6.03. The maximum absolute atomic E-state index is 12.3. The lowest BCUT2D eigenvalue weighted by Crippen LogP contribution is -2.29. The predicted molar refractivity (Wildman–Crippen MR) is 79.4 cm³/mol. The van der Waals surface area contributed by atoms with Crippen LogP contribution in [-0.2, 0) is 9.53 Å². The first-order chi connectivity index (χ1) is 9.45. The third-order valence-electron chi connectivity index (χ3n) is 3.89. The van der Waals surface area contributed by atoms with Crippen LogP contribution in [0.15, 0.2) is 18.2 Å². The zero-order chi connectivity index (χ0) is 14.8. The highest BCUT2D eigenvalue weighted by atomic mass is 16.5. The molecule has 3 nitrogen and oxygen atoms in total. The first kappa shape index (κ1) is 15.0. The Morgan fingerprint density at radius 3 is 2.75 bits per heavy atom. The number of hydrogen-bond acceptors (Lipinski definition) is 3. The molecule has 0 aromatic heterocycles. The summed E-state index contributed by atoms with van der Waals surface area (Å²) in [6.07, 6.45) is 2.16. The van der Waals surface area contributed by atoms with Crippen molar-refractivity contribution in [2.75, 3.05) is 13.2 Å². The molecule has 0 radical (unpaired) electrons. The lowest BCUT2D eigenvalue weighted by molar-refractivity contribution is -0.129. The van der Waals surface area contributed by atoms with Crippen molar-refractivity contribution < 1.29 is 14.3 Å². The first-order valence-electron chi connectivity index (χ1n) is 7.37. The summed E-state index contributed by atoms with van der Waals surface area (Å²) in [7, 11) is 0. The first-order valence-corrected chi connectivity index (χ1v) is 7.37. The number of ether oxygens (including phenoxy) is 2. The van der Waals surface area contributed by atoms with E-state index in [1.807, 2.05) is 39.0 Å². The second-order valence-corrected chi connectivity index (χ2v) is 5.97. The molecule has 0 N–H and O–H groups in total. The SMILES string of the molecule is CCCCOc1cc(C2COC(C)(C)C2=O)ccc1C. The second-order valence-electron chi connectivity index (χ2n) is 5.97. The Hall–Kier alpha value is -1.35. The van der Waals surface area contributed by atoms with Crippen molar-refractivity contribution in [3.8, 4) is 5.75 Å². The molecular weight excluding hydrogens is 252 g/mol. The summed E-state index contributed by atoms with van der Waals surface area (Å²) in [5.41, 5.74) is 1.44. The van der Waals surface area contributed by atoms with Crippen LogP contribution in [0.5, 0.6) is 5.75 Å². The largest absolute Gasteiger partial charge is 0.493 e. The molecule has 2 rings (SSSR count). The average Bonchev–Trinajstić information content (AvgIpc) is 2.67. The number of Topliss-reactive ketones (excluding diaryl/α,β-unsaturated/α-hetero) is 1. The molecule has 1 aliphatic heterocycles. The lowest BCUT2D eigenvalue weighted by atomic mass is 9.89. The van der Waals surface area contributed by atoms with E-state index in [-0.39, 0.29) is 11.7 Å². The summed E-state index contributed by atoms with van der Waals surface area (Å²) >= 11 is 0. The van der Waals surface area contributed by atoms with Gasteiger partial charge in [-0.2, -0.15) is 0 Å². The molecule has 1 aromatic rings. The normalized spacial score (nSPS) is 21.2. The van der Waals surface area contributed by atoms with Crippen molar-refractivity contribution in [3.63, 3.8) is 0 Å². The van der Waals surface area contributed by atoms with Crippen LogP contribution in [0.1, 0.15) is 50.7 Å². The number of unbranched alkanes of at least 4 members (excludes halogenated alkanes) is 1. The van der Waals surface area contributed by atoms with E-state index < -0.39 is 5.60 Å². The Morgan fingerprint density at radius 2 is 2.15 bits per heavy atom. The molecule has 0 spiro atoms. The van der Waals surface area contributed by atoms with Crippen molar-refractivity contribution in [2.45, 2.75) is 52.1 Å². The highest BCUT2D eigenvalue weighted by Gasteiger charge is 2.42. The summed E-state index contributed by atoms with van der Waals surface area (Å²) in [4.78, 5) is 12.3. The summed E-state index contributed by atoms with van der Waals surface area (Å²) < 4.78 is 11.4. The molecule has 1 fully saturated rings. The minimum atomic E-state index is -0.668. The van der Waals surface area contributed by atoms with Crippen molar-refractivity contribution >= 4 is 5.78 Å². The Balaban J connectivity index is 2.17. The van der Waals surface area contributed by atoms with E-state index in [2.05, 4.69) is 6.92 Å². The molecule has 20 heavy (non-hydrogen) atoms. The van der Waals surface area contributed by atoms with Crippen LogP contribution in [0.3, 0.4) is 0 Å². The molecule has 0 bridgehead atoms. The number of rotatable bonds is 5. The summed E-state index contributed by atoms with van der Waals surface area (Å²) in [5.74, 6) is 0.869. The fourth-order valence-electron chi connectivity index (χ4n) is 2.42. The van der Waals surface area contributed by atoms with Gasteiger partial charge in [-0.3, -0.25) is 4.79 Å². The van der Waals surface area contributed by atoms with Gasteiger partial charge in [0.25, 0.3) is 0 Å². The Labute approximate surface area is 121 Å². The molecule has 3 heteroatoms. The lowest BCUT2D eigenvalue weighted by Gasteiger charge is -2.15. The molecule has 1 unspecified atom stereocenters. The van der Waals surface area contributed by atoms with Gasteiger partial charge in [0.1, 0.15) is 11.4 Å². The van der Waals surface area contributed by atoms with Gasteiger partial charge in [-0.15, -0.1) is 0 Å². The van der Waals surface area contributed by atoms with Gasteiger partial charge in [0, 0.05) is 0 Å². The predicted octanol–water partition coefficient (Wildman–Crippen LogP) is 3.64. The van der Waals surface area contributed by atoms with E-state index >= 15 is 0 Å². The number of aryl methyl sites for hydroxylation is 1. The van der Waals surface area contributed by atoms with Gasteiger partial charge >= 0.3 is 0 Å². The van der Waals surface area contributed by atoms with E-state index in [4.69, 9.17) is 9.47 Å². The molecule has 110 valence electrons. The van der Waals surface area contributed by atoms with E-state index in [0.717, 1.165) is 36.3 Å². The highest BCUT2D eigenvalue weighted by molar-refractivity contribution is 5.94. The average molecular weight is 276 g/mol. The number of benzene rings is 1. The molecule has 1 heterocycles. The molecule has 1 saturated heterocycles. The number of carbonyl (C=O) groups is 1. The van der Waals surface area contributed by atoms with Crippen LogP contribution in [-0.4, -0.2) is 24.6 Å². The number of ketones is 1. The van der Waals surface area contributed by atoms with Crippen LogP contribution >= 0.6 is 0 Å². The standard InChI is InChI=1S/C17H24O3/c1-5-6-9-19-15-10-13(8-7-12(15)2)14-11-20-17(3,4)16(14)18/h7-8,10,14H,5-6,9,11H2,1-4H3. The fourth-order valence-corrected chi connectivity index (χ4v) is 2.42. The zero-order valence-electron chi connectivity index (χ0n) is 12.9. The van der Waals surface area contributed by atoms with Crippen LogP contribution in [0.2, 0.25) is 0 Å². The van der Waals surface area contributed by atoms with Crippen LogP contribution in [0.4, 0.5) is 0 Å². The van der Waals surface area contributed by atoms with Crippen molar-refractivity contribution in [3.05, 3.63) is 29.3 Å². The molecule has 1 aromatic carbocycles. The third-order valence-corrected chi connectivity index (χ3v) is 3.89. The quantitative estimate of drug-likeness (QED) is 0.770. The number of carbonyl (C=O) groups excluding carboxylic acids is 1. The van der Waals surface area contributed by atoms with Gasteiger partial charge < -0.3 is 9.47 Å². The van der Waals surface area contributed by atoms with Crippen LogP contribution in [0, 0.1) is 6.92 Å². The van der Waals surface area contributed by atoms with Crippen molar-refractivity contribution in [2.24, 2.45) is 0 Å². The van der Waals surface area contributed by atoms with Crippen LogP contribution in [0.25, 0.3) is 0 Å². The summed E-state index contributed by atoms with van der Waals surface area (Å²) in [5, 5.41) is 0. The molecule has 0 aliphatic carbocycles. The maximum atomic E-state index is 12.3. The number of hydrogen-bond donors (Lipinski definition) is 0. The van der Waals surface area contributed by atoms with Gasteiger partial charge in [-0.05, 0) is 44.4 Å². The van der Waals surface area contributed by atoms with Gasteiger partial charge in [-0.1, -0.05) is 25.5 Å². The minimum Gasteiger partial charge on any atom is -0.493 e. The molecule has 1 aliphatic rings.